The molecule has 1 heterocycles. The number of carbonyl (C=O) groups is 1. The Balaban J connectivity index is 0.00000133. The average molecular weight is 393 g/mol. The minimum atomic E-state index is 0. The average Bonchev–Trinajstić information content (AvgIpc) is 2.92. The minimum absolute atomic E-state index is 0. The van der Waals surface area contributed by atoms with Crippen molar-refractivity contribution in [3.8, 4) is 0 Å². The Bertz CT molecular complexity index is 482. The van der Waals surface area contributed by atoms with Crippen LogP contribution in [-0.2, 0) is 0 Å². The molecule has 1 saturated heterocycles. The zero-order valence-electron chi connectivity index (χ0n) is 10.6. The first kappa shape index (κ1) is 15.1. The molecule has 0 spiro atoms. The fraction of sp³-hybridized carbons (Fsp3) is 0.500. The summed E-state index contributed by atoms with van der Waals surface area (Å²) in [6.07, 6.45) is 2.31. The lowest BCUT2D eigenvalue weighted by Crippen LogP contribution is -2.33. The summed E-state index contributed by atoms with van der Waals surface area (Å²) in [5.41, 5.74) is 6.94. The molecule has 3 nitrogen and oxygen atoms in total. The first-order valence-corrected chi connectivity index (χ1v) is 7.54. The third-order valence-corrected chi connectivity index (χ3v) is 5.24. The summed E-state index contributed by atoms with van der Waals surface area (Å²) in [4.78, 5) is 14.5. The van der Waals surface area contributed by atoms with Crippen LogP contribution in [0.25, 0.3) is 0 Å². The van der Waals surface area contributed by atoms with E-state index in [-0.39, 0.29) is 18.3 Å². The van der Waals surface area contributed by atoms with Crippen molar-refractivity contribution in [3.63, 3.8) is 0 Å². The maximum absolute atomic E-state index is 12.5. The van der Waals surface area contributed by atoms with E-state index in [1.165, 1.54) is 6.42 Å². The van der Waals surface area contributed by atoms with E-state index in [1.54, 1.807) is 0 Å². The highest BCUT2D eigenvalue weighted by Gasteiger charge is 2.42. The Hall–Kier alpha value is -0.330. The highest BCUT2D eigenvalue weighted by atomic mass is 127. The lowest BCUT2D eigenvalue weighted by Gasteiger charge is -2.19. The largest absolute Gasteiger partial charge is 0.338 e. The van der Waals surface area contributed by atoms with Gasteiger partial charge in [-0.15, -0.1) is 12.4 Å². The number of rotatable bonds is 1. The number of carbonyl (C=O) groups excluding carboxylic acids is 1. The molecule has 1 aromatic carbocycles. The molecule has 3 unspecified atom stereocenters. The normalized spacial score (nSPS) is 28.9. The first-order valence-electron chi connectivity index (χ1n) is 6.46. The van der Waals surface area contributed by atoms with Crippen LogP contribution in [0.3, 0.4) is 0 Å². The molecule has 2 N–H and O–H groups in total. The van der Waals surface area contributed by atoms with Crippen LogP contribution < -0.4 is 5.73 Å². The van der Waals surface area contributed by atoms with E-state index in [4.69, 9.17) is 5.73 Å². The Morgan fingerprint density at radius 3 is 2.68 bits per heavy atom. The van der Waals surface area contributed by atoms with Crippen LogP contribution in [0.5, 0.6) is 0 Å². The van der Waals surface area contributed by atoms with Crippen molar-refractivity contribution in [1.82, 2.24) is 4.90 Å². The van der Waals surface area contributed by atoms with E-state index in [0.29, 0.717) is 17.9 Å². The Morgan fingerprint density at radius 1 is 1.26 bits per heavy atom. The number of halogens is 2. The van der Waals surface area contributed by atoms with E-state index in [0.717, 1.165) is 28.6 Å². The van der Waals surface area contributed by atoms with Crippen LogP contribution >= 0.6 is 35.0 Å². The molecule has 3 atom stereocenters. The number of likely N-dealkylation sites (tertiary alicyclic amines) is 1. The van der Waals surface area contributed by atoms with Gasteiger partial charge in [0.2, 0.25) is 0 Å². The predicted molar refractivity (Wildman–Crippen MR) is 86.5 cm³/mol. The number of nitrogens with two attached hydrogens (primary N) is 1. The Labute approximate surface area is 133 Å². The van der Waals surface area contributed by atoms with Crippen molar-refractivity contribution in [3.05, 3.63) is 33.4 Å². The second-order valence-corrected chi connectivity index (χ2v) is 6.52. The first-order chi connectivity index (χ1) is 8.66. The molecule has 0 radical (unpaired) electrons. The zero-order chi connectivity index (χ0) is 12.7. The smallest absolute Gasteiger partial charge is 0.254 e. The standard InChI is InChI=1S/C14H17IN2O.ClH/c15-12-4-2-1-3-10(12)14(18)17-7-9-5-6-13(16)11(9)8-17;/h1-4,9,11,13H,5-8,16H2;1H. The lowest BCUT2D eigenvalue weighted by atomic mass is 9.98. The molecule has 0 bridgehead atoms. The number of benzene rings is 1. The molecule has 1 aromatic rings. The highest BCUT2D eigenvalue weighted by molar-refractivity contribution is 14.1. The highest BCUT2D eigenvalue weighted by Crippen LogP contribution is 2.37. The van der Waals surface area contributed by atoms with Crippen LogP contribution in [0.15, 0.2) is 24.3 Å². The molecule has 2 fully saturated rings. The van der Waals surface area contributed by atoms with Gasteiger partial charge in [0.1, 0.15) is 0 Å². The van der Waals surface area contributed by atoms with Crippen LogP contribution in [-0.4, -0.2) is 29.9 Å². The van der Waals surface area contributed by atoms with Gasteiger partial charge in [-0.1, -0.05) is 12.1 Å². The van der Waals surface area contributed by atoms with Crippen LogP contribution in [0.4, 0.5) is 0 Å². The number of nitrogens with zero attached hydrogens (tertiary/aromatic N) is 1. The summed E-state index contributed by atoms with van der Waals surface area (Å²) >= 11 is 2.23. The maximum atomic E-state index is 12.5. The molecule has 1 aliphatic heterocycles. The third-order valence-electron chi connectivity index (χ3n) is 4.30. The number of hydrogen-bond acceptors (Lipinski definition) is 2. The third kappa shape index (κ3) is 2.76. The molecule has 19 heavy (non-hydrogen) atoms. The van der Waals surface area contributed by atoms with E-state index >= 15 is 0 Å². The van der Waals surface area contributed by atoms with Crippen molar-refractivity contribution in [2.75, 3.05) is 13.1 Å². The quantitative estimate of drug-likeness (QED) is 0.747. The van der Waals surface area contributed by atoms with Gasteiger partial charge in [-0.05, 0) is 59.4 Å². The summed E-state index contributed by atoms with van der Waals surface area (Å²) in [5, 5.41) is 0. The fourth-order valence-corrected chi connectivity index (χ4v) is 3.90. The van der Waals surface area contributed by atoms with Crippen LogP contribution in [0, 0.1) is 15.4 Å². The molecule has 1 amide bonds. The number of amides is 1. The van der Waals surface area contributed by atoms with Crippen LogP contribution in [0.1, 0.15) is 23.2 Å². The van der Waals surface area contributed by atoms with Crippen molar-refractivity contribution < 1.29 is 4.79 Å². The van der Waals surface area contributed by atoms with Gasteiger partial charge >= 0.3 is 0 Å². The molecular formula is C14H18ClIN2O. The summed E-state index contributed by atoms with van der Waals surface area (Å²) in [6, 6.07) is 8.09. The molecule has 5 heteroatoms. The molecule has 104 valence electrons. The minimum Gasteiger partial charge on any atom is -0.338 e. The van der Waals surface area contributed by atoms with Crippen molar-refractivity contribution in [2.24, 2.45) is 17.6 Å². The monoisotopic (exact) mass is 392 g/mol. The lowest BCUT2D eigenvalue weighted by molar-refractivity contribution is 0.0778. The number of fused-ring (bicyclic) bond motifs is 1. The van der Waals surface area contributed by atoms with Crippen molar-refractivity contribution in [2.45, 2.75) is 18.9 Å². The predicted octanol–water partition coefficient (Wildman–Crippen LogP) is 2.52. The van der Waals surface area contributed by atoms with Gasteiger partial charge in [-0.3, -0.25) is 4.79 Å². The van der Waals surface area contributed by atoms with Crippen molar-refractivity contribution >= 4 is 40.9 Å². The van der Waals surface area contributed by atoms with Crippen LogP contribution in [0.2, 0.25) is 0 Å². The van der Waals surface area contributed by atoms with Gasteiger partial charge in [0.25, 0.3) is 5.91 Å². The molecule has 1 saturated carbocycles. The number of hydrogen-bond donors (Lipinski definition) is 1. The SMILES string of the molecule is Cl.NC1CCC2CN(C(=O)c3ccccc3I)CC12. The molecular weight excluding hydrogens is 375 g/mol. The van der Waals surface area contributed by atoms with Gasteiger partial charge in [-0.2, -0.15) is 0 Å². The topological polar surface area (TPSA) is 46.3 Å². The van der Waals surface area contributed by atoms with Gasteiger partial charge in [0.05, 0.1) is 5.56 Å². The van der Waals surface area contributed by atoms with Gasteiger partial charge in [-0.25, -0.2) is 0 Å². The Morgan fingerprint density at radius 2 is 2.00 bits per heavy atom. The molecule has 3 rings (SSSR count). The van der Waals surface area contributed by atoms with E-state index in [1.807, 2.05) is 29.2 Å². The molecule has 0 aromatic heterocycles. The second kappa shape index (κ2) is 5.97. The second-order valence-electron chi connectivity index (χ2n) is 5.36. The summed E-state index contributed by atoms with van der Waals surface area (Å²) in [7, 11) is 0. The summed E-state index contributed by atoms with van der Waals surface area (Å²) < 4.78 is 1.03. The van der Waals surface area contributed by atoms with Gasteiger partial charge < -0.3 is 10.6 Å². The zero-order valence-corrected chi connectivity index (χ0v) is 13.6. The Kier molecular flexibility index (Phi) is 4.74. The fourth-order valence-electron chi connectivity index (χ4n) is 3.28. The van der Waals surface area contributed by atoms with E-state index < -0.39 is 0 Å². The molecule has 2 aliphatic rings. The summed E-state index contributed by atoms with van der Waals surface area (Å²) in [5.74, 6) is 1.32. The maximum Gasteiger partial charge on any atom is 0.254 e. The summed E-state index contributed by atoms with van der Waals surface area (Å²) in [6.45, 7) is 1.73. The van der Waals surface area contributed by atoms with E-state index in [2.05, 4.69) is 22.6 Å². The van der Waals surface area contributed by atoms with Crippen molar-refractivity contribution in [1.29, 1.82) is 0 Å². The van der Waals surface area contributed by atoms with Gasteiger partial charge in [0, 0.05) is 22.7 Å². The van der Waals surface area contributed by atoms with Gasteiger partial charge in [0.15, 0.2) is 0 Å². The molecule has 1 aliphatic carbocycles. The van der Waals surface area contributed by atoms with E-state index in [9.17, 15) is 4.79 Å².